The lowest BCUT2D eigenvalue weighted by Crippen LogP contribution is -2.28. The van der Waals surface area contributed by atoms with Crippen molar-refractivity contribution < 1.29 is 4.42 Å². The maximum absolute atomic E-state index is 6.53. The Morgan fingerprint density at radius 1 is 0.436 bits per heavy atom. The second-order valence-electron chi connectivity index (χ2n) is 15.1. The van der Waals surface area contributed by atoms with Gasteiger partial charge < -0.3 is 9.32 Å². The van der Waals surface area contributed by atoms with E-state index in [2.05, 4.69) is 193 Å². The minimum Gasteiger partial charge on any atom is -0.456 e. The number of nitrogens with zero attached hydrogens (tertiary/aromatic N) is 1. The molecular formula is C53H39NO. The molecule has 262 valence electrons. The fourth-order valence-corrected chi connectivity index (χ4v) is 9.72. The van der Waals surface area contributed by atoms with Crippen LogP contribution in [0.3, 0.4) is 0 Å². The first-order chi connectivity index (χ1) is 27.3. The largest absolute Gasteiger partial charge is 0.456 e. The molecule has 0 bridgehead atoms. The molecule has 1 heterocycles. The lowest BCUT2D eigenvalue weighted by atomic mass is 9.67. The van der Waals surface area contributed by atoms with Gasteiger partial charge in [0.15, 0.2) is 0 Å². The summed E-state index contributed by atoms with van der Waals surface area (Å²) >= 11 is 0. The highest BCUT2D eigenvalue weighted by molar-refractivity contribution is 6.14. The molecule has 0 fully saturated rings. The number of anilines is 3. The number of rotatable bonds is 6. The van der Waals surface area contributed by atoms with Gasteiger partial charge in [0, 0.05) is 16.6 Å². The summed E-state index contributed by atoms with van der Waals surface area (Å²) in [7, 11) is 0. The number of hydrogen-bond donors (Lipinski definition) is 0. The average molecular weight is 706 g/mol. The molecule has 0 unspecified atom stereocenters. The van der Waals surface area contributed by atoms with E-state index in [-0.39, 0.29) is 0 Å². The Labute approximate surface area is 322 Å². The van der Waals surface area contributed by atoms with E-state index in [0.717, 1.165) is 51.8 Å². The standard InChI is InChI=1S/C53H39NO/c1-4-19-39(20-5-1)53(40-21-6-2-7-22-40)46-27-14-12-25-42(46)45-34-44(38-32-31-36-17-10-11-18-37(36)33-38)49(35-47(45)53)54(41-23-8-3-9-24-41)48-28-16-30-51-52(48)43-26-13-15-29-50(43)55-51/h1-9,12-16,19-35H,10-11,17-18H2. The van der Waals surface area contributed by atoms with Crippen LogP contribution in [-0.4, -0.2) is 0 Å². The van der Waals surface area contributed by atoms with Gasteiger partial charge in [0.05, 0.1) is 22.2 Å². The Hall–Kier alpha value is -6.64. The van der Waals surface area contributed by atoms with E-state index in [4.69, 9.17) is 4.42 Å². The summed E-state index contributed by atoms with van der Waals surface area (Å²) in [6, 6.07) is 69.4. The van der Waals surface area contributed by atoms with E-state index in [0.29, 0.717) is 0 Å². The molecule has 0 spiro atoms. The maximum Gasteiger partial charge on any atom is 0.137 e. The van der Waals surface area contributed by atoms with Crippen molar-refractivity contribution in [1.29, 1.82) is 0 Å². The molecule has 2 heteroatoms. The number of hydrogen-bond acceptors (Lipinski definition) is 2. The van der Waals surface area contributed by atoms with E-state index in [9.17, 15) is 0 Å². The first-order valence-electron chi connectivity index (χ1n) is 19.6. The zero-order chi connectivity index (χ0) is 36.3. The van der Waals surface area contributed by atoms with Crippen molar-refractivity contribution in [3.63, 3.8) is 0 Å². The van der Waals surface area contributed by atoms with Crippen LogP contribution in [0.4, 0.5) is 17.1 Å². The molecule has 2 nitrogen and oxygen atoms in total. The number of benzene rings is 8. The molecule has 1 aromatic heterocycles. The monoisotopic (exact) mass is 705 g/mol. The molecule has 0 amide bonds. The van der Waals surface area contributed by atoms with Gasteiger partial charge in [0.2, 0.25) is 0 Å². The van der Waals surface area contributed by atoms with Crippen molar-refractivity contribution in [3.8, 4) is 22.3 Å². The molecule has 55 heavy (non-hydrogen) atoms. The average Bonchev–Trinajstić information content (AvgIpc) is 3.78. The Balaban J connectivity index is 1.29. The van der Waals surface area contributed by atoms with Crippen molar-refractivity contribution in [1.82, 2.24) is 0 Å². The first kappa shape index (κ1) is 31.8. The fourth-order valence-electron chi connectivity index (χ4n) is 9.72. The molecule has 9 aromatic rings. The Morgan fingerprint density at radius 3 is 1.87 bits per heavy atom. The summed E-state index contributed by atoms with van der Waals surface area (Å²) in [5, 5.41) is 2.22. The van der Waals surface area contributed by atoms with Gasteiger partial charge in [-0.05, 0) is 118 Å². The van der Waals surface area contributed by atoms with Crippen LogP contribution in [-0.2, 0) is 18.3 Å². The SMILES string of the molecule is c1ccc(N(c2cc3c(cc2-c2ccc4c(c2)CCCC4)-c2ccccc2C3(c2ccccc2)c2ccccc2)c2cccc3oc4ccccc4c23)cc1. The third-order valence-electron chi connectivity index (χ3n) is 12.1. The predicted molar refractivity (Wildman–Crippen MR) is 228 cm³/mol. The van der Waals surface area contributed by atoms with Crippen LogP contribution < -0.4 is 4.90 Å². The predicted octanol–water partition coefficient (Wildman–Crippen LogP) is 14.0. The van der Waals surface area contributed by atoms with Gasteiger partial charge in [-0.15, -0.1) is 0 Å². The van der Waals surface area contributed by atoms with Crippen molar-refractivity contribution in [2.75, 3.05) is 4.90 Å². The van der Waals surface area contributed by atoms with Crippen LogP contribution >= 0.6 is 0 Å². The summed E-state index contributed by atoms with van der Waals surface area (Å²) in [4.78, 5) is 2.49. The summed E-state index contributed by atoms with van der Waals surface area (Å²) in [6.45, 7) is 0. The minimum absolute atomic E-state index is 0.533. The van der Waals surface area contributed by atoms with Crippen LogP contribution in [0, 0.1) is 0 Å². The van der Waals surface area contributed by atoms with Crippen molar-refractivity contribution in [2.24, 2.45) is 0 Å². The van der Waals surface area contributed by atoms with Gasteiger partial charge in [0.1, 0.15) is 11.2 Å². The number of aryl methyl sites for hydroxylation is 2. The van der Waals surface area contributed by atoms with Crippen LogP contribution in [0.2, 0.25) is 0 Å². The molecule has 0 saturated heterocycles. The summed E-state index contributed by atoms with van der Waals surface area (Å²) in [5.41, 5.74) is 17.7. The maximum atomic E-state index is 6.53. The molecule has 8 aromatic carbocycles. The van der Waals surface area contributed by atoms with Crippen molar-refractivity contribution in [2.45, 2.75) is 31.1 Å². The molecule has 0 radical (unpaired) electrons. The topological polar surface area (TPSA) is 16.4 Å². The lowest BCUT2D eigenvalue weighted by molar-refractivity contribution is 0.669. The molecule has 2 aliphatic rings. The van der Waals surface area contributed by atoms with Gasteiger partial charge in [-0.25, -0.2) is 0 Å². The number of para-hydroxylation sites is 2. The summed E-state index contributed by atoms with van der Waals surface area (Å²) < 4.78 is 6.53. The number of furan rings is 1. The zero-order valence-corrected chi connectivity index (χ0v) is 30.6. The summed E-state index contributed by atoms with van der Waals surface area (Å²) in [6.07, 6.45) is 4.78. The van der Waals surface area contributed by atoms with Crippen LogP contribution in [0.5, 0.6) is 0 Å². The molecule has 0 atom stereocenters. The van der Waals surface area contributed by atoms with Crippen LogP contribution in [0.25, 0.3) is 44.2 Å². The van der Waals surface area contributed by atoms with Gasteiger partial charge in [-0.2, -0.15) is 0 Å². The second-order valence-corrected chi connectivity index (χ2v) is 15.1. The normalized spacial score (nSPS) is 14.0. The van der Waals surface area contributed by atoms with E-state index >= 15 is 0 Å². The molecular weight excluding hydrogens is 667 g/mol. The lowest BCUT2D eigenvalue weighted by Gasteiger charge is -2.35. The highest BCUT2D eigenvalue weighted by atomic mass is 16.3. The van der Waals surface area contributed by atoms with Gasteiger partial charge in [-0.3, -0.25) is 0 Å². The highest BCUT2D eigenvalue weighted by Crippen LogP contribution is 2.59. The van der Waals surface area contributed by atoms with Gasteiger partial charge in [-0.1, -0.05) is 146 Å². The molecule has 0 N–H and O–H groups in total. The highest BCUT2D eigenvalue weighted by Gasteiger charge is 2.47. The zero-order valence-electron chi connectivity index (χ0n) is 30.6. The minimum atomic E-state index is -0.533. The third kappa shape index (κ3) is 4.88. The van der Waals surface area contributed by atoms with Crippen molar-refractivity contribution >= 4 is 39.0 Å². The summed E-state index contributed by atoms with van der Waals surface area (Å²) in [5.74, 6) is 0. The van der Waals surface area contributed by atoms with Gasteiger partial charge >= 0.3 is 0 Å². The molecule has 0 aliphatic heterocycles. The van der Waals surface area contributed by atoms with E-state index in [1.165, 1.54) is 68.5 Å². The second kappa shape index (κ2) is 12.7. The van der Waals surface area contributed by atoms with Gasteiger partial charge in [0.25, 0.3) is 0 Å². The van der Waals surface area contributed by atoms with E-state index in [1.54, 1.807) is 0 Å². The van der Waals surface area contributed by atoms with Crippen LogP contribution in [0.1, 0.15) is 46.2 Å². The molecule has 0 saturated carbocycles. The smallest absolute Gasteiger partial charge is 0.137 e. The molecule has 11 rings (SSSR count). The quantitative estimate of drug-likeness (QED) is 0.171. The molecule has 2 aliphatic carbocycles. The first-order valence-corrected chi connectivity index (χ1v) is 19.6. The van der Waals surface area contributed by atoms with Crippen molar-refractivity contribution in [3.05, 3.63) is 221 Å². The number of fused-ring (bicyclic) bond motifs is 7. The Kier molecular flexibility index (Phi) is 7.38. The Morgan fingerprint density at radius 2 is 1.09 bits per heavy atom. The fraction of sp³-hybridized carbons (Fsp3) is 0.0943. The van der Waals surface area contributed by atoms with Crippen LogP contribution in [0.15, 0.2) is 192 Å². The van der Waals surface area contributed by atoms with E-state index < -0.39 is 5.41 Å². The van der Waals surface area contributed by atoms with E-state index in [1.807, 2.05) is 0 Å². The third-order valence-corrected chi connectivity index (χ3v) is 12.1. The Bertz CT molecular complexity index is 2830.